The van der Waals surface area contributed by atoms with E-state index in [1.165, 1.54) is 36.4 Å². The third-order valence-electron chi connectivity index (χ3n) is 7.27. The van der Waals surface area contributed by atoms with Crippen LogP contribution >= 0.6 is 0 Å². The predicted molar refractivity (Wildman–Crippen MR) is 143 cm³/mol. The zero-order valence-corrected chi connectivity index (χ0v) is 22.0. The van der Waals surface area contributed by atoms with E-state index >= 15 is 0 Å². The minimum absolute atomic E-state index is 0.0197. The Morgan fingerprint density at radius 2 is 1.74 bits per heavy atom. The van der Waals surface area contributed by atoms with Gasteiger partial charge in [0.25, 0.3) is 5.91 Å². The van der Waals surface area contributed by atoms with Crippen molar-refractivity contribution in [3.63, 3.8) is 0 Å². The number of amides is 1. The van der Waals surface area contributed by atoms with Crippen molar-refractivity contribution in [2.75, 3.05) is 0 Å². The molecule has 0 aliphatic carbocycles. The van der Waals surface area contributed by atoms with E-state index in [0.717, 1.165) is 17.7 Å². The first-order chi connectivity index (χ1) is 20.2. The highest BCUT2D eigenvalue weighted by molar-refractivity contribution is 5.98. The molecule has 0 saturated carbocycles. The van der Waals surface area contributed by atoms with Crippen LogP contribution in [0.15, 0.2) is 59.0 Å². The average molecular weight is 574 g/mol. The third kappa shape index (κ3) is 4.91. The number of halogens is 3. The van der Waals surface area contributed by atoms with E-state index in [1.54, 1.807) is 13.0 Å². The van der Waals surface area contributed by atoms with Crippen molar-refractivity contribution in [1.29, 1.82) is 0 Å². The Kier molecular flexibility index (Phi) is 6.81. The molecule has 9 nitrogen and oxygen atoms in total. The number of carbonyl (C=O) groups is 2. The standard InChI is InChI=1S/C30H22F3N5O4/c1-14-2-9-20(32)26-19(14)13-23(34-28(26)39)27-25(16-5-8-18(30(40)41)21(33)12-16)22(35-37-27)10-11-24-36-38-29(42-24)15-3-6-17(31)7-4-15/h2-9,12,23H,10-11,13H2,1H3,(H,34,39)(H,35,37)(H,40,41). The van der Waals surface area contributed by atoms with Crippen LogP contribution < -0.4 is 5.32 Å². The first kappa shape index (κ1) is 26.9. The summed E-state index contributed by atoms with van der Waals surface area (Å²) in [6, 6.07) is 11.5. The number of carboxylic acid groups (broad SMARTS) is 1. The van der Waals surface area contributed by atoms with Crippen LogP contribution in [0.25, 0.3) is 22.6 Å². The van der Waals surface area contributed by atoms with Gasteiger partial charge in [-0.15, -0.1) is 10.2 Å². The van der Waals surface area contributed by atoms with Gasteiger partial charge in [-0.25, -0.2) is 18.0 Å². The summed E-state index contributed by atoms with van der Waals surface area (Å²) in [5.74, 6) is -3.46. The van der Waals surface area contributed by atoms with Crippen molar-refractivity contribution in [2.24, 2.45) is 0 Å². The minimum Gasteiger partial charge on any atom is -0.478 e. The molecular weight excluding hydrogens is 551 g/mol. The second kappa shape index (κ2) is 10.6. The smallest absolute Gasteiger partial charge is 0.338 e. The minimum atomic E-state index is -1.41. The second-order valence-electron chi connectivity index (χ2n) is 9.92. The van der Waals surface area contributed by atoms with Crippen LogP contribution in [0.3, 0.4) is 0 Å². The molecule has 0 saturated heterocycles. The number of aromatic nitrogens is 4. The van der Waals surface area contributed by atoms with Crippen LogP contribution in [-0.2, 0) is 19.3 Å². The molecule has 12 heteroatoms. The lowest BCUT2D eigenvalue weighted by molar-refractivity contribution is 0.0691. The summed E-state index contributed by atoms with van der Waals surface area (Å²) in [7, 11) is 0. The highest BCUT2D eigenvalue weighted by atomic mass is 19.1. The number of nitrogens with zero attached hydrogens (tertiary/aromatic N) is 3. The molecule has 0 radical (unpaired) electrons. The largest absolute Gasteiger partial charge is 0.478 e. The average Bonchev–Trinajstić information content (AvgIpc) is 3.61. The number of carboxylic acids is 1. The summed E-state index contributed by atoms with van der Waals surface area (Å²) in [6.45, 7) is 1.79. The molecule has 1 aliphatic heterocycles. The quantitative estimate of drug-likeness (QED) is 0.239. The lowest BCUT2D eigenvalue weighted by atomic mass is 9.87. The number of aromatic carboxylic acids is 1. The Morgan fingerprint density at radius 3 is 2.48 bits per heavy atom. The van der Waals surface area contributed by atoms with Crippen molar-refractivity contribution in [2.45, 2.75) is 32.2 Å². The molecule has 2 aromatic heterocycles. The number of hydrogen-bond acceptors (Lipinski definition) is 6. The first-order valence-corrected chi connectivity index (χ1v) is 13.0. The van der Waals surface area contributed by atoms with Gasteiger partial charge in [-0.2, -0.15) is 5.10 Å². The summed E-state index contributed by atoms with van der Waals surface area (Å²) in [4.78, 5) is 24.4. The van der Waals surface area contributed by atoms with Gasteiger partial charge in [0.2, 0.25) is 11.8 Å². The van der Waals surface area contributed by atoms with Gasteiger partial charge in [0.05, 0.1) is 22.9 Å². The molecule has 1 aliphatic rings. The highest BCUT2D eigenvalue weighted by Gasteiger charge is 2.33. The monoisotopic (exact) mass is 573 g/mol. The van der Waals surface area contributed by atoms with Crippen LogP contribution in [0.4, 0.5) is 13.2 Å². The van der Waals surface area contributed by atoms with E-state index in [1.807, 2.05) is 0 Å². The van der Waals surface area contributed by atoms with E-state index in [0.29, 0.717) is 33.6 Å². The van der Waals surface area contributed by atoms with E-state index in [2.05, 4.69) is 25.7 Å². The lowest BCUT2D eigenvalue weighted by Gasteiger charge is -2.27. The highest BCUT2D eigenvalue weighted by Crippen LogP contribution is 2.36. The van der Waals surface area contributed by atoms with E-state index in [9.17, 15) is 27.9 Å². The topological polar surface area (TPSA) is 134 Å². The number of fused-ring (bicyclic) bond motifs is 1. The number of carbonyl (C=O) groups excluding carboxylic acids is 1. The van der Waals surface area contributed by atoms with Crippen LogP contribution in [0.1, 0.15) is 55.2 Å². The molecule has 3 heterocycles. The summed E-state index contributed by atoms with van der Waals surface area (Å²) >= 11 is 0. The van der Waals surface area contributed by atoms with Gasteiger partial charge in [-0.05, 0) is 78.9 Å². The van der Waals surface area contributed by atoms with Crippen LogP contribution in [0, 0.1) is 24.4 Å². The molecule has 0 fully saturated rings. The Hall–Kier alpha value is -5.26. The van der Waals surface area contributed by atoms with Crippen molar-refractivity contribution in [1.82, 2.24) is 25.7 Å². The van der Waals surface area contributed by atoms with Gasteiger partial charge in [-0.3, -0.25) is 9.89 Å². The van der Waals surface area contributed by atoms with Crippen LogP contribution in [0.5, 0.6) is 0 Å². The molecule has 1 atom stereocenters. The van der Waals surface area contributed by atoms with Crippen molar-refractivity contribution < 1.29 is 32.3 Å². The Bertz CT molecular complexity index is 1850. The maximum atomic E-state index is 14.8. The Labute approximate surface area is 236 Å². The maximum absolute atomic E-state index is 14.8. The number of H-pyrrole nitrogens is 1. The molecule has 6 rings (SSSR count). The van der Waals surface area contributed by atoms with Crippen LogP contribution in [-0.4, -0.2) is 37.4 Å². The molecule has 212 valence electrons. The zero-order valence-electron chi connectivity index (χ0n) is 22.0. The number of hydrogen-bond donors (Lipinski definition) is 3. The molecule has 0 bridgehead atoms. The predicted octanol–water partition coefficient (Wildman–Crippen LogP) is 5.36. The first-order valence-electron chi connectivity index (χ1n) is 13.0. The van der Waals surface area contributed by atoms with Crippen LogP contribution in [0.2, 0.25) is 0 Å². The third-order valence-corrected chi connectivity index (χ3v) is 7.27. The fraction of sp³-hybridized carbons (Fsp3) is 0.167. The normalized spacial score (nSPS) is 14.5. The van der Waals surface area contributed by atoms with Gasteiger partial charge >= 0.3 is 5.97 Å². The zero-order chi connectivity index (χ0) is 29.5. The van der Waals surface area contributed by atoms with Gasteiger partial charge in [0.15, 0.2) is 0 Å². The fourth-order valence-electron chi connectivity index (χ4n) is 5.17. The molecule has 3 aromatic carbocycles. The molecule has 0 spiro atoms. The number of rotatable bonds is 7. The van der Waals surface area contributed by atoms with Crippen molar-refractivity contribution in [3.05, 3.63) is 112 Å². The van der Waals surface area contributed by atoms with Crippen molar-refractivity contribution in [3.8, 4) is 22.6 Å². The fourth-order valence-corrected chi connectivity index (χ4v) is 5.17. The van der Waals surface area contributed by atoms with E-state index in [4.69, 9.17) is 4.42 Å². The maximum Gasteiger partial charge on any atom is 0.338 e. The summed E-state index contributed by atoms with van der Waals surface area (Å²) in [5.41, 5.74) is 3.06. The van der Waals surface area contributed by atoms with Gasteiger partial charge in [-0.1, -0.05) is 12.1 Å². The Morgan fingerprint density at radius 1 is 0.976 bits per heavy atom. The second-order valence-corrected chi connectivity index (χ2v) is 9.92. The summed E-state index contributed by atoms with van der Waals surface area (Å²) in [5, 5.41) is 27.6. The molecule has 5 aromatic rings. The lowest BCUT2D eigenvalue weighted by Crippen LogP contribution is -2.37. The van der Waals surface area contributed by atoms with Gasteiger partial charge < -0.3 is 14.8 Å². The molecule has 1 unspecified atom stereocenters. The van der Waals surface area contributed by atoms with Gasteiger partial charge in [0, 0.05) is 23.2 Å². The van der Waals surface area contributed by atoms with E-state index in [-0.39, 0.29) is 36.6 Å². The summed E-state index contributed by atoms with van der Waals surface area (Å²) < 4.78 is 48.3. The van der Waals surface area contributed by atoms with Crippen molar-refractivity contribution >= 4 is 11.9 Å². The molecule has 3 N–H and O–H groups in total. The Balaban J connectivity index is 1.35. The SMILES string of the molecule is Cc1ccc(F)c2c1CC(c1n[nH]c(CCc3nnc(-c4ccc(F)cc4)o3)c1-c1ccc(C(=O)O)c(F)c1)NC2=O. The molecule has 1 amide bonds. The number of benzene rings is 3. The van der Waals surface area contributed by atoms with Gasteiger partial charge in [0.1, 0.15) is 17.5 Å². The number of aryl methyl sites for hydroxylation is 3. The molecule has 42 heavy (non-hydrogen) atoms. The number of aromatic amines is 1. The number of nitrogens with one attached hydrogen (secondary N) is 2. The molecular formula is C30H22F3N5O4. The van der Waals surface area contributed by atoms with E-state index < -0.39 is 40.9 Å². The summed E-state index contributed by atoms with van der Waals surface area (Å²) in [6.07, 6.45) is 0.769.